The Labute approximate surface area is 114 Å². The highest BCUT2D eigenvalue weighted by Crippen LogP contribution is 2.18. The average molecular weight is 259 g/mol. The van der Waals surface area contributed by atoms with Crippen molar-refractivity contribution in [3.05, 3.63) is 48.0 Å². The number of ether oxygens (including phenoxy) is 1. The molecule has 19 heavy (non-hydrogen) atoms. The Bertz CT molecular complexity index is 504. The molecule has 0 spiro atoms. The van der Waals surface area contributed by atoms with Crippen LogP contribution in [0.5, 0.6) is 5.75 Å². The van der Waals surface area contributed by atoms with Crippen molar-refractivity contribution in [2.75, 3.05) is 6.61 Å². The lowest BCUT2D eigenvalue weighted by Crippen LogP contribution is -2.17. The van der Waals surface area contributed by atoms with Crippen LogP contribution in [0.2, 0.25) is 0 Å². The maximum atomic E-state index is 6.22. The Hall–Kier alpha value is -1.81. The van der Waals surface area contributed by atoms with Gasteiger partial charge in [0.1, 0.15) is 11.6 Å². The number of imidazole rings is 1. The van der Waals surface area contributed by atoms with E-state index in [0.717, 1.165) is 36.7 Å². The van der Waals surface area contributed by atoms with Gasteiger partial charge in [0.05, 0.1) is 6.61 Å². The molecule has 0 aliphatic rings. The molecule has 0 bridgehead atoms. The second-order valence-electron chi connectivity index (χ2n) is 4.65. The fraction of sp³-hybridized carbons (Fsp3) is 0.400. The van der Waals surface area contributed by atoms with E-state index in [1.54, 1.807) is 6.20 Å². The number of rotatable bonds is 6. The predicted molar refractivity (Wildman–Crippen MR) is 76.1 cm³/mol. The number of nitrogens with zero attached hydrogens (tertiary/aromatic N) is 2. The van der Waals surface area contributed by atoms with Crippen molar-refractivity contribution in [3.8, 4) is 5.75 Å². The molecule has 102 valence electrons. The molecule has 0 aliphatic carbocycles. The van der Waals surface area contributed by atoms with Crippen LogP contribution in [-0.2, 0) is 6.54 Å². The molecule has 0 radical (unpaired) electrons. The molecular weight excluding hydrogens is 238 g/mol. The van der Waals surface area contributed by atoms with Crippen molar-refractivity contribution >= 4 is 0 Å². The van der Waals surface area contributed by atoms with Crippen LogP contribution in [0.25, 0.3) is 0 Å². The van der Waals surface area contributed by atoms with Crippen molar-refractivity contribution < 1.29 is 4.74 Å². The quantitative estimate of drug-likeness (QED) is 0.867. The third-order valence-corrected chi connectivity index (χ3v) is 3.10. The summed E-state index contributed by atoms with van der Waals surface area (Å²) in [6.45, 7) is 5.56. The van der Waals surface area contributed by atoms with Gasteiger partial charge in [-0.2, -0.15) is 0 Å². The maximum absolute atomic E-state index is 6.22. The molecular formula is C15H21N3O. The first kappa shape index (κ1) is 13.6. The van der Waals surface area contributed by atoms with E-state index in [-0.39, 0.29) is 6.04 Å². The highest BCUT2D eigenvalue weighted by atomic mass is 16.5. The van der Waals surface area contributed by atoms with Crippen molar-refractivity contribution in [2.45, 2.75) is 32.9 Å². The normalized spacial score (nSPS) is 12.4. The van der Waals surface area contributed by atoms with Crippen molar-refractivity contribution in [1.82, 2.24) is 9.55 Å². The summed E-state index contributed by atoms with van der Waals surface area (Å²) in [6, 6.07) is 7.98. The van der Waals surface area contributed by atoms with Crippen LogP contribution in [0.3, 0.4) is 0 Å². The molecule has 0 fully saturated rings. The molecule has 1 aromatic heterocycles. The molecule has 1 aromatic carbocycles. The SMILES string of the molecule is CCCOc1ccc(C(N)Cn2ccnc2C)cc1. The Balaban J connectivity index is 1.99. The van der Waals surface area contributed by atoms with E-state index in [1.165, 1.54) is 0 Å². The summed E-state index contributed by atoms with van der Waals surface area (Å²) >= 11 is 0. The van der Waals surface area contributed by atoms with E-state index in [4.69, 9.17) is 10.5 Å². The maximum Gasteiger partial charge on any atom is 0.119 e. The smallest absolute Gasteiger partial charge is 0.119 e. The van der Waals surface area contributed by atoms with E-state index in [9.17, 15) is 0 Å². The summed E-state index contributed by atoms with van der Waals surface area (Å²) in [7, 11) is 0. The van der Waals surface area contributed by atoms with Gasteiger partial charge in [0.2, 0.25) is 0 Å². The van der Waals surface area contributed by atoms with Gasteiger partial charge in [-0.15, -0.1) is 0 Å². The van der Waals surface area contributed by atoms with E-state index in [1.807, 2.05) is 37.4 Å². The van der Waals surface area contributed by atoms with Gasteiger partial charge in [-0.25, -0.2) is 4.98 Å². The summed E-state index contributed by atoms with van der Waals surface area (Å²) in [5.41, 5.74) is 7.32. The van der Waals surface area contributed by atoms with Crippen molar-refractivity contribution in [1.29, 1.82) is 0 Å². The van der Waals surface area contributed by atoms with E-state index in [2.05, 4.69) is 16.5 Å². The number of nitrogens with two attached hydrogens (primary N) is 1. The Kier molecular flexibility index (Phi) is 4.58. The Morgan fingerprint density at radius 1 is 1.32 bits per heavy atom. The molecule has 1 heterocycles. The van der Waals surface area contributed by atoms with Crippen LogP contribution in [0, 0.1) is 6.92 Å². The summed E-state index contributed by atoms with van der Waals surface area (Å²) < 4.78 is 7.62. The molecule has 0 aliphatic heterocycles. The van der Waals surface area contributed by atoms with E-state index >= 15 is 0 Å². The highest BCUT2D eigenvalue weighted by molar-refractivity contribution is 5.29. The number of aromatic nitrogens is 2. The van der Waals surface area contributed by atoms with Gasteiger partial charge in [0.25, 0.3) is 0 Å². The molecule has 2 N–H and O–H groups in total. The predicted octanol–water partition coefficient (Wildman–Crippen LogP) is 2.68. The molecule has 0 amide bonds. The van der Waals surface area contributed by atoms with Crippen LogP contribution < -0.4 is 10.5 Å². The second-order valence-corrected chi connectivity index (χ2v) is 4.65. The monoisotopic (exact) mass is 259 g/mol. The molecule has 1 unspecified atom stereocenters. The summed E-state index contributed by atoms with van der Waals surface area (Å²) in [4.78, 5) is 4.20. The van der Waals surface area contributed by atoms with Gasteiger partial charge in [0, 0.05) is 25.0 Å². The third kappa shape index (κ3) is 3.58. The molecule has 0 saturated carbocycles. The number of hydrogen-bond acceptors (Lipinski definition) is 3. The summed E-state index contributed by atoms with van der Waals surface area (Å²) in [5, 5.41) is 0. The fourth-order valence-electron chi connectivity index (χ4n) is 1.95. The number of benzene rings is 1. The number of aryl methyl sites for hydroxylation is 1. The first-order valence-corrected chi connectivity index (χ1v) is 6.66. The lowest BCUT2D eigenvalue weighted by atomic mass is 10.1. The minimum absolute atomic E-state index is 0.0341. The molecule has 0 saturated heterocycles. The van der Waals surface area contributed by atoms with Crippen LogP contribution >= 0.6 is 0 Å². The first-order chi connectivity index (χ1) is 9.20. The standard InChI is InChI=1S/C15H21N3O/c1-3-10-19-14-6-4-13(5-7-14)15(16)11-18-9-8-17-12(18)2/h4-9,15H,3,10-11,16H2,1-2H3. The van der Waals surface area contributed by atoms with Gasteiger partial charge in [-0.05, 0) is 31.0 Å². The zero-order valence-electron chi connectivity index (χ0n) is 11.5. The van der Waals surface area contributed by atoms with Gasteiger partial charge in [0.15, 0.2) is 0 Å². The number of hydrogen-bond donors (Lipinski definition) is 1. The minimum Gasteiger partial charge on any atom is -0.494 e. The second kappa shape index (κ2) is 6.38. The Morgan fingerprint density at radius 3 is 2.63 bits per heavy atom. The zero-order chi connectivity index (χ0) is 13.7. The lowest BCUT2D eigenvalue weighted by Gasteiger charge is -2.14. The van der Waals surface area contributed by atoms with E-state index in [0.29, 0.717) is 0 Å². The van der Waals surface area contributed by atoms with Crippen LogP contribution in [0.1, 0.15) is 30.8 Å². The van der Waals surface area contributed by atoms with Gasteiger partial charge >= 0.3 is 0 Å². The fourth-order valence-corrected chi connectivity index (χ4v) is 1.95. The highest BCUT2D eigenvalue weighted by Gasteiger charge is 2.08. The van der Waals surface area contributed by atoms with Crippen molar-refractivity contribution in [2.24, 2.45) is 5.73 Å². The lowest BCUT2D eigenvalue weighted by molar-refractivity contribution is 0.317. The third-order valence-electron chi connectivity index (χ3n) is 3.10. The van der Waals surface area contributed by atoms with Crippen molar-refractivity contribution in [3.63, 3.8) is 0 Å². The van der Waals surface area contributed by atoms with Gasteiger partial charge in [-0.3, -0.25) is 0 Å². The average Bonchev–Trinajstić information content (AvgIpc) is 2.82. The molecule has 2 aromatic rings. The van der Waals surface area contributed by atoms with Gasteiger partial charge in [-0.1, -0.05) is 19.1 Å². The summed E-state index contributed by atoms with van der Waals surface area (Å²) in [5.74, 6) is 1.88. The van der Waals surface area contributed by atoms with Crippen LogP contribution in [0.4, 0.5) is 0 Å². The van der Waals surface area contributed by atoms with Gasteiger partial charge < -0.3 is 15.0 Å². The van der Waals surface area contributed by atoms with Crippen LogP contribution in [-0.4, -0.2) is 16.2 Å². The minimum atomic E-state index is -0.0341. The molecule has 4 heteroatoms. The molecule has 1 atom stereocenters. The summed E-state index contributed by atoms with van der Waals surface area (Å²) in [6.07, 6.45) is 4.76. The topological polar surface area (TPSA) is 53.1 Å². The molecule has 4 nitrogen and oxygen atoms in total. The largest absolute Gasteiger partial charge is 0.494 e. The first-order valence-electron chi connectivity index (χ1n) is 6.66. The van der Waals surface area contributed by atoms with Crippen LogP contribution in [0.15, 0.2) is 36.7 Å². The zero-order valence-corrected chi connectivity index (χ0v) is 11.5. The van der Waals surface area contributed by atoms with E-state index < -0.39 is 0 Å². The Morgan fingerprint density at radius 2 is 2.05 bits per heavy atom. The molecule has 2 rings (SSSR count).